The highest BCUT2D eigenvalue weighted by Gasteiger charge is 2.23. The maximum Gasteiger partial charge on any atom is 0.326 e. The Morgan fingerprint density at radius 3 is 2.18 bits per heavy atom. The summed E-state index contributed by atoms with van der Waals surface area (Å²) < 4.78 is 0. The first-order valence-corrected chi connectivity index (χ1v) is 5.59. The summed E-state index contributed by atoms with van der Waals surface area (Å²) >= 11 is 5.70. The molecule has 0 aliphatic heterocycles. The third-order valence-electron chi connectivity index (χ3n) is 2.33. The molecule has 0 heterocycles. The zero-order chi connectivity index (χ0) is 13.0. The molecular weight excluding hydrogens is 242 g/mol. The average Bonchev–Trinajstić information content (AvgIpc) is 2.25. The first kappa shape index (κ1) is 13.5. The van der Waals surface area contributed by atoms with Gasteiger partial charge in [0.2, 0.25) is 0 Å². The Labute approximate surface area is 105 Å². The van der Waals surface area contributed by atoms with E-state index in [1.165, 1.54) is 0 Å². The molecule has 1 aromatic rings. The molecule has 0 fully saturated rings. The van der Waals surface area contributed by atoms with Crippen LogP contribution in [-0.4, -0.2) is 23.0 Å². The van der Waals surface area contributed by atoms with Crippen molar-refractivity contribution in [3.63, 3.8) is 0 Å². The van der Waals surface area contributed by atoms with Gasteiger partial charge >= 0.3 is 5.97 Å². The molecule has 1 aromatic carbocycles. The van der Waals surface area contributed by atoms with Gasteiger partial charge < -0.3 is 10.4 Å². The van der Waals surface area contributed by atoms with Crippen LogP contribution in [0.25, 0.3) is 0 Å². The highest BCUT2D eigenvalue weighted by Crippen LogP contribution is 2.10. The fourth-order valence-corrected chi connectivity index (χ4v) is 1.47. The summed E-state index contributed by atoms with van der Waals surface area (Å²) in [4.78, 5) is 22.7. The number of amides is 1. The van der Waals surface area contributed by atoms with E-state index in [-0.39, 0.29) is 5.92 Å². The predicted octanol–water partition coefficient (Wildman–Crippen LogP) is 2.18. The molecule has 0 aromatic heterocycles. The average molecular weight is 256 g/mol. The third kappa shape index (κ3) is 3.75. The van der Waals surface area contributed by atoms with E-state index in [0.717, 1.165) is 0 Å². The van der Waals surface area contributed by atoms with Crippen molar-refractivity contribution in [1.29, 1.82) is 0 Å². The van der Waals surface area contributed by atoms with Crippen LogP contribution in [-0.2, 0) is 4.79 Å². The van der Waals surface area contributed by atoms with Crippen LogP contribution in [0.2, 0.25) is 5.02 Å². The van der Waals surface area contributed by atoms with E-state index >= 15 is 0 Å². The van der Waals surface area contributed by atoms with Gasteiger partial charge in [-0.05, 0) is 30.2 Å². The van der Waals surface area contributed by atoms with Crippen molar-refractivity contribution in [1.82, 2.24) is 5.32 Å². The van der Waals surface area contributed by atoms with E-state index in [0.29, 0.717) is 10.6 Å². The lowest BCUT2D eigenvalue weighted by atomic mass is 10.0. The van der Waals surface area contributed by atoms with Gasteiger partial charge in [0.1, 0.15) is 6.04 Å². The van der Waals surface area contributed by atoms with Crippen LogP contribution in [0.15, 0.2) is 24.3 Å². The molecule has 4 nitrogen and oxygen atoms in total. The first-order valence-electron chi connectivity index (χ1n) is 5.21. The molecule has 92 valence electrons. The van der Waals surface area contributed by atoms with Crippen LogP contribution >= 0.6 is 11.6 Å². The van der Waals surface area contributed by atoms with Gasteiger partial charge in [0.05, 0.1) is 0 Å². The second kappa shape index (κ2) is 5.68. The lowest BCUT2D eigenvalue weighted by molar-refractivity contribution is -0.140. The topological polar surface area (TPSA) is 66.4 Å². The molecule has 2 N–H and O–H groups in total. The molecule has 17 heavy (non-hydrogen) atoms. The van der Waals surface area contributed by atoms with Crippen molar-refractivity contribution in [3.8, 4) is 0 Å². The molecule has 0 unspecified atom stereocenters. The lowest BCUT2D eigenvalue weighted by Gasteiger charge is -2.17. The molecule has 0 saturated carbocycles. The van der Waals surface area contributed by atoms with E-state index in [9.17, 15) is 9.59 Å². The van der Waals surface area contributed by atoms with Gasteiger partial charge in [0, 0.05) is 10.6 Å². The second-order valence-electron chi connectivity index (χ2n) is 4.04. The van der Waals surface area contributed by atoms with Crippen LogP contribution in [0.3, 0.4) is 0 Å². The summed E-state index contributed by atoms with van der Waals surface area (Å²) in [6.07, 6.45) is 0. The number of carbonyl (C=O) groups is 2. The Hall–Kier alpha value is -1.55. The Bertz CT molecular complexity index is 414. The number of hydrogen-bond acceptors (Lipinski definition) is 2. The van der Waals surface area contributed by atoms with E-state index in [4.69, 9.17) is 16.7 Å². The van der Waals surface area contributed by atoms with E-state index < -0.39 is 17.9 Å². The van der Waals surface area contributed by atoms with Crippen LogP contribution in [0.1, 0.15) is 24.2 Å². The van der Waals surface area contributed by atoms with Gasteiger partial charge in [-0.25, -0.2) is 4.79 Å². The molecule has 1 amide bonds. The minimum Gasteiger partial charge on any atom is -0.480 e. The molecular formula is C12H14ClNO3. The van der Waals surface area contributed by atoms with Crippen molar-refractivity contribution < 1.29 is 14.7 Å². The van der Waals surface area contributed by atoms with Crippen molar-refractivity contribution in [2.45, 2.75) is 19.9 Å². The molecule has 0 spiro atoms. The summed E-state index contributed by atoms with van der Waals surface area (Å²) in [5.41, 5.74) is 0.390. The quantitative estimate of drug-likeness (QED) is 0.867. The lowest BCUT2D eigenvalue weighted by Crippen LogP contribution is -2.44. The molecule has 5 heteroatoms. The van der Waals surface area contributed by atoms with Crippen molar-refractivity contribution in [2.24, 2.45) is 5.92 Å². The summed E-state index contributed by atoms with van der Waals surface area (Å²) in [6.45, 7) is 3.47. The van der Waals surface area contributed by atoms with Crippen molar-refractivity contribution in [3.05, 3.63) is 34.9 Å². The van der Waals surface area contributed by atoms with Gasteiger partial charge in [0.15, 0.2) is 0 Å². The zero-order valence-electron chi connectivity index (χ0n) is 9.61. The van der Waals surface area contributed by atoms with Gasteiger partial charge in [-0.15, -0.1) is 0 Å². The minimum absolute atomic E-state index is 0.177. The second-order valence-corrected chi connectivity index (χ2v) is 4.48. The molecule has 0 saturated heterocycles. The van der Waals surface area contributed by atoms with E-state index in [1.54, 1.807) is 38.1 Å². The van der Waals surface area contributed by atoms with Crippen LogP contribution in [0.4, 0.5) is 0 Å². The number of rotatable bonds is 4. The van der Waals surface area contributed by atoms with Gasteiger partial charge in [-0.2, -0.15) is 0 Å². The van der Waals surface area contributed by atoms with Crippen LogP contribution < -0.4 is 5.32 Å². The monoisotopic (exact) mass is 255 g/mol. The predicted molar refractivity (Wildman–Crippen MR) is 65.2 cm³/mol. The molecule has 1 atom stereocenters. The largest absolute Gasteiger partial charge is 0.480 e. The van der Waals surface area contributed by atoms with Crippen molar-refractivity contribution in [2.75, 3.05) is 0 Å². The highest BCUT2D eigenvalue weighted by atomic mass is 35.5. The maximum atomic E-state index is 11.8. The normalized spacial score (nSPS) is 12.2. The number of aliphatic carboxylic acids is 1. The fraction of sp³-hybridized carbons (Fsp3) is 0.333. The van der Waals surface area contributed by atoms with Gasteiger partial charge in [-0.1, -0.05) is 25.4 Å². The number of halogens is 1. The first-order chi connectivity index (χ1) is 7.91. The number of nitrogens with one attached hydrogen (secondary N) is 1. The fourth-order valence-electron chi connectivity index (χ4n) is 1.34. The minimum atomic E-state index is -1.04. The smallest absolute Gasteiger partial charge is 0.326 e. The SMILES string of the molecule is CC(C)[C@@H](NC(=O)c1ccc(Cl)cc1)C(=O)O. The third-order valence-corrected chi connectivity index (χ3v) is 2.58. The Morgan fingerprint density at radius 1 is 1.24 bits per heavy atom. The van der Waals surface area contributed by atoms with Crippen molar-refractivity contribution >= 4 is 23.5 Å². The number of carboxylic acids is 1. The summed E-state index contributed by atoms with van der Waals surface area (Å²) in [7, 11) is 0. The summed E-state index contributed by atoms with van der Waals surface area (Å²) in [6, 6.07) is 5.38. The highest BCUT2D eigenvalue weighted by molar-refractivity contribution is 6.30. The molecule has 0 radical (unpaired) electrons. The Morgan fingerprint density at radius 2 is 1.76 bits per heavy atom. The molecule has 1 rings (SSSR count). The number of carboxylic acid groups (broad SMARTS) is 1. The molecule has 0 aliphatic carbocycles. The zero-order valence-corrected chi connectivity index (χ0v) is 10.4. The van der Waals surface area contributed by atoms with Crippen LogP contribution in [0.5, 0.6) is 0 Å². The maximum absolute atomic E-state index is 11.8. The number of hydrogen-bond donors (Lipinski definition) is 2. The summed E-state index contributed by atoms with van der Waals surface area (Å²) in [5, 5.41) is 11.9. The van der Waals surface area contributed by atoms with E-state index in [1.807, 2.05) is 0 Å². The van der Waals surface area contributed by atoms with Gasteiger partial charge in [0.25, 0.3) is 5.91 Å². The Kier molecular flexibility index (Phi) is 4.52. The number of carbonyl (C=O) groups excluding carboxylic acids is 1. The number of benzene rings is 1. The van der Waals surface area contributed by atoms with Gasteiger partial charge in [-0.3, -0.25) is 4.79 Å². The molecule has 0 bridgehead atoms. The molecule has 0 aliphatic rings. The van der Waals surface area contributed by atoms with E-state index in [2.05, 4.69) is 5.32 Å². The Balaban J connectivity index is 2.77. The summed E-state index contributed by atoms with van der Waals surface area (Å²) in [5.74, 6) is -1.63. The van der Waals surface area contributed by atoms with Crippen LogP contribution in [0, 0.1) is 5.92 Å². The standard InChI is InChI=1S/C12H14ClNO3/c1-7(2)10(12(16)17)14-11(15)8-3-5-9(13)6-4-8/h3-7,10H,1-2H3,(H,14,15)(H,16,17)/t10-/m1/s1.